The molecule has 0 radical (unpaired) electrons. The molecule has 0 amide bonds. The number of thiophene rings is 1. The number of carboxylic acids is 1. The molecule has 5 heteroatoms. The number of likely N-dealkylation sites (tertiary alicyclic amines) is 1. The third kappa shape index (κ3) is 5.09. The minimum absolute atomic E-state index is 0.132. The molecule has 0 aromatic carbocycles. The second-order valence-electron chi connectivity index (χ2n) is 6.12. The highest BCUT2D eigenvalue weighted by molar-refractivity contribution is 7.12. The largest absolute Gasteiger partial charge is 0.481 e. The lowest BCUT2D eigenvalue weighted by Gasteiger charge is -2.31. The summed E-state index contributed by atoms with van der Waals surface area (Å²) in [5.74, 6) is -0.105. The van der Waals surface area contributed by atoms with Crippen LogP contribution in [0.5, 0.6) is 0 Å². The number of aliphatic carboxylic acids is 1. The molecule has 0 bridgehead atoms. The predicted molar refractivity (Wildman–Crippen MR) is 86.8 cm³/mol. The summed E-state index contributed by atoms with van der Waals surface area (Å²) in [7, 11) is 0. The third-order valence-electron chi connectivity index (χ3n) is 4.07. The maximum Gasteiger partial charge on any atom is 0.308 e. The predicted octanol–water partition coefficient (Wildman–Crippen LogP) is 2.59. The molecule has 1 unspecified atom stereocenters. The van der Waals surface area contributed by atoms with Crippen molar-refractivity contribution in [3.8, 4) is 0 Å². The van der Waals surface area contributed by atoms with Crippen molar-refractivity contribution in [2.45, 2.75) is 45.7 Å². The molecule has 0 spiro atoms. The second-order valence-corrected chi connectivity index (χ2v) is 7.38. The van der Waals surface area contributed by atoms with Crippen molar-refractivity contribution in [3.63, 3.8) is 0 Å². The Bertz CT molecular complexity index is 453. The first-order chi connectivity index (χ1) is 10.1. The summed E-state index contributed by atoms with van der Waals surface area (Å²) in [6, 6.07) is 4.57. The van der Waals surface area contributed by atoms with E-state index < -0.39 is 5.97 Å². The summed E-state index contributed by atoms with van der Waals surface area (Å²) in [5.41, 5.74) is 0. The molecule has 1 fully saturated rings. The highest BCUT2D eigenvalue weighted by Crippen LogP contribution is 2.19. The first-order valence-electron chi connectivity index (χ1n) is 7.80. The van der Waals surface area contributed by atoms with Gasteiger partial charge in [-0.1, -0.05) is 13.8 Å². The van der Waals surface area contributed by atoms with Crippen LogP contribution >= 0.6 is 11.3 Å². The summed E-state index contributed by atoms with van der Waals surface area (Å²) in [4.78, 5) is 15.4. The molecule has 4 nitrogen and oxygen atoms in total. The van der Waals surface area contributed by atoms with Gasteiger partial charge in [0.05, 0.1) is 6.42 Å². The molecule has 2 heterocycles. The molecule has 0 aliphatic carbocycles. The third-order valence-corrected chi connectivity index (χ3v) is 5.16. The molecular weight excluding hydrogens is 284 g/mol. The Labute approximate surface area is 131 Å². The van der Waals surface area contributed by atoms with Crippen molar-refractivity contribution in [3.05, 3.63) is 21.9 Å². The number of nitrogens with one attached hydrogen (secondary N) is 1. The highest BCUT2D eigenvalue weighted by atomic mass is 32.1. The normalized spacial score (nSPS) is 17.5. The quantitative estimate of drug-likeness (QED) is 0.775. The topological polar surface area (TPSA) is 52.6 Å². The average Bonchev–Trinajstić information content (AvgIpc) is 3.05. The second kappa shape index (κ2) is 7.92. The van der Waals surface area contributed by atoms with Gasteiger partial charge in [0.25, 0.3) is 0 Å². The number of carbonyl (C=O) groups is 1. The van der Waals surface area contributed by atoms with Crippen LogP contribution in [-0.4, -0.2) is 41.7 Å². The van der Waals surface area contributed by atoms with Crippen molar-refractivity contribution < 1.29 is 9.90 Å². The Hall–Kier alpha value is -0.910. The smallest absolute Gasteiger partial charge is 0.308 e. The Balaban J connectivity index is 1.79. The van der Waals surface area contributed by atoms with Crippen molar-refractivity contribution in [1.82, 2.24) is 10.2 Å². The Morgan fingerprint density at radius 3 is 2.62 bits per heavy atom. The van der Waals surface area contributed by atoms with Gasteiger partial charge in [0, 0.05) is 28.9 Å². The number of carboxylic acid groups (broad SMARTS) is 1. The van der Waals surface area contributed by atoms with Gasteiger partial charge in [-0.25, -0.2) is 0 Å². The summed E-state index contributed by atoms with van der Waals surface area (Å²) < 4.78 is 0. The minimum Gasteiger partial charge on any atom is -0.481 e. The lowest BCUT2D eigenvalue weighted by Crippen LogP contribution is -2.43. The molecule has 1 aromatic heterocycles. The summed E-state index contributed by atoms with van der Waals surface area (Å²) in [6.45, 7) is 8.88. The maximum absolute atomic E-state index is 10.7. The number of nitrogens with zero attached hydrogens (tertiary/aromatic N) is 1. The van der Waals surface area contributed by atoms with E-state index in [1.807, 2.05) is 12.1 Å². The van der Waals surface area contributed by atoms with E-state index in [2.05, 4.69) is 24.1 Å². The molecule has 1 aromatic rings. The van der Waals surface area contributed by atoms with Crippen molar-refractivity contribution in [2.24, 2.45) is 5.92 Å². The van der Waals surface area contributed by atoms with E-state index in [1.165, 1.54) is 30.8 Å². The van der Waals surface area contributed by atoms with Crippen LogP contribution in [0.25, 0.3) is 0 Å². The van der Waals surface area contributed by atoms with E-state index >= 15 is 0 Å². The van der Waals surface area contributed by atoms with Gasteiger partial charge in [-0.3, -0.25) is 9.69 Å². The van der Waals surface area contributed by atoms with Gasteiger partial charge in [0.1, 0.15) is 0 Å². The SMILES string of the molecule is CC(C)C(CNCc1ccc(CC(=O)O)s1)N1CCCC1. The zero-order chi connectivity index (χ0) is 15.2. The lowest BCUT2D eigenvalue weighted by atomic mass is 10.0. The fourth-order valence-corrected chi connectivity index (χ4v) is 3.94. The highest BCUT2D eigenvalue weighted by Gasteiger charge is 2.24. The van der Waals surface area contributed by atoms with Crippen LogP contribution in [0.15, 0.2) is 12.1 Å². The molecule has 21 heavy (non-hydrogen) atoms. The molecule has 2 N–H and O–H groups in total. The lowest BCUT2D eigenvalue weighted by molar-refractivity contribution is -0.136. The maximum atomic E-state index is 10.7. The standard InChI is InChI=1S/C16H26N2O2S/c1-12(2)15(18-7-3-4-8-18)11-17-10-14-6-5-13(21-14)9-16(19)20/h5-6,12,15,17H,3-4,7-11H2,1-2H3,(H,19,20). The van der Waals surface area contributed by atoms with Gasteiger partial charge in [0.2, 0.25) is 0 Å². The van der Waals surface area contributed by atoms with Gasteiger partial charge in [-0.05, 0) is 44.0 Å². The van der Waals surface area contributed by atoms with Gasteiger partial charge >= 0.3 is 5.97 Å². The minimum atomic E-state index is -0.759. The van der Waals surface area contributed by atoms with E-state index in [0.717, 1.165) is 18.0 Å². The molecule has 1 atom stereocenters. The Kier molecular flexibility index (Phi) is 6.21. The Morgan fingerprint density at radius 1 is 1.33 bits per heavy atom. The fourth-order valence-electron chi connectivity index (χ4n) is 2.96. The summed E-state index contributed by atoms with van der Waals surface area (Å²) in [6.07, 6.45) is 2.78. The monoisotopic (exact) mass is 310 g/mol. The Morgan fingerprint density at radius 2 is 2.00 bits per heavy atom. The van der Waals surface area contributed by atoms with E-state index in [0.29, 0.717) is 12.0 Å². The van der Waals surface area contributed by atoms with Gasteiger partial charge in [-0.15, -0.1) is 11.3 Å². The van der Waals surface area contributed by atoms with Crippen LogP contribution in [0.4, 0.5) is 0 Å². The van der Waals surface area contributed by atoms with E-state index in [4.69, 9.17) is 5.11 Å². The van der Waals surface area contributed by atoms with Crippen molar-refractivity contribution >= 4 is 17.3 Å². The number of hydrogen-bond donors (Lipinski definition) is 2. The van der Waals surface area contributed by atoms with Crippen LogP contribution in [0.3, 0.4) is 0 Å². The molecular formula is C16H26N2O2S. The van der Waals surface area contributed by atoms with Gasteiger partial charge < -0.3 is 10.4 Å². The molecule has 1 saturated heterocycles. The van der Waals surface area contributed by atoms with Crippen molar-refractivity contribution in [1.29, 1.82) is 0 Å². The van der Waals surface area contributed by atoms with E-state index in [9.17, 15) is 4.79 Å². The molecule has 0 saturated carbocycles. The summed E-state index contributed by atoms with van der Waals surface area (Å²) >= 11 is 1.60. The van der Waals surface area contributed by atoms with E-state index in [-0.39, 0.29) is 6.42 Å². The van der Waals surface area contributed by atoms with Crippen LogP contribution in [0, 0.1) is 5.92 Å². The van der Waals surface area contributed by atoms with Crippen LogP contribution in [0.1, 0.15) is 36.4 Å². The summed E-state index contributed by atoms with van der Waals surface area (Å²) in [5, 5.41) is 12.3. The molecule has 1 aliphatic heterocycles. The van der Waals surface area contributed by atoms with Crippen LogP contribution in [0.2, 0.25) is 0 Å². The molecule has 118 valence electrons. The van der Waals surface area contributed by atoms with E-state index in [1.54, 1.807) is 11.3 Å². The van der Waals surface area contributed by atoms with Crippen molar-refractivity contribution in [2.75, 3.05) is 19.6 Å². The number of hydrogen-bond acceptors (Lipinski definition) is 4. The van der Waals surface area contributed by atoms with Gasteiger partial charge in [-0.2, -0.15) is 0 Å². The molecule has 1 aliphatic rings. The van der Waals surface area contributed by atoms with Crippen LogP contribution < -0.4 is 5.32 Å². The first kappa shape index (κ1) is 16.5. The zero-order valence-electron chi connectivity index (χ0n) is 13.0. The van der Waals surface area contributed by atoms with Crippen LogP contribution in [-0.2, 0) is 17.8 Å². The average molecular weight is 310 g/mol. The zero-order valence-corrected chi connectivity index (χ0v) is 13.8. The van der Waals surface area contributed by atoms with Gasteiger partial charge in [0.15, 0.2) is 0 Å². The first-order valence-corrected chi connectivity index (χ1v) is 8.62. The number of rotatable bonds is 8. The fraction of sp³-hybridized carbons (Fsp3) is 0.688. The molecule has 2 rings (SSSR count).